The molecule has 0 saturated carbocycles. The Morgan fingerprint density at radius 1 is 1.44 bits per heavy atom. The molecule has 0 aliphatic carbocycles. The fourth-order valence-corrected chi connectivity index (χ4v) is 1.78. The number of hydrogen-bond donors (Lipinski definition) is 2. The van der Waals surface area contributed by atoms with E-state index in [9.17, 15) is 0 Å². The summed E-state index contributed by atoms with van der Waals surface area (Å²) in [5, 5.41) is 8.77. The van der Waals surface area contributed by atoms with Crippen LogP contribution in [0.4, 0.5) is 0 Å². The van der Waals surface area contributed by atoms with E-state index in [4.69, 9.17) is 15.6 Å². The van der Waals surface area contributed by atoms with Crippen LogP contribution in [0, 0.1) is 0 Å². The molecule has 1 aromatic rings. The number of nitrogens with two attached hydrogens (primary N) is 1. The second-order valence-electron chi connectivity index (χ2n) is 3.90. The van der Waals surface area contributed by atoms with Crippen molar-refractivity contribution < 1.29 is 9.84 Å². The number of aliphatic hydroxyl groups is 1. The van der Waals surface area contributed by atoms with Crippen LogP contribution in [-0.2, 0) is 6.42 Å². The van der Waals surface area contributed by atoms with Crippen molar-refractivity contribution in [3.05, 3.63) is 29.3 Å². The van der Waals surface area contributed by atoms with Gasteiger partial charge in [-0.2, -0.15) is 0 Å². The topological polar surface area (TPSA) is 55.5 Å². The molecule has 1 aromatic carbocycles. The van der Waals surface area contributed by atoms with Gasteiger partial charge in [-0.15, -0.1) is 0 Å². The minimum absolute atomic E-state index is 0.00311. The van der Waals surface area contributed by atoms with Gasteiger partial charge in [-0.05, 0) is 36.5 Å². The molecule has 1 rings (SSSR count). The van der Waals surface area contributed by atoms with Crippen molar-refractivity contribution >= 4 is 0 Å². The lowest BCUT2D eigenvalue weighted by atomic mass is 9.99. The van der Waals surface area contributed by atoms with Gasteiger partial charge in [-0.3, -0.25) is 0 Å². The second kappa shape index (κ2) is 6.51. The lowest BCUT2D eigenvalue weighted by molar-refractivity contribution is 0.280. The minimum Gasteiger partial charge on any atom is -0.496 e. The molecule has 3 N–H and O–H groups in total. The Balaban J connectivity index is 2.81. The highest BCUT2D eigenvalue weighted by Crippen LogP contribution is 2.24. The molecule has 1 atom stereocenters. The van der Waals surface area contributed by atoms with Gasteiger partial charge < -0.3 is 15.6 Å². The first kappa shape index (κ1) is 13.0. The van der Waals surface area contributed by atoms with E-state index in [0.717, 1.165) is 30.6 Å². The standard InChI is InChI=1S/C13H21NO2/c1-3-10-9-11(6-7-13(10)16-2)12(14)5-4-8-15/h6-7,9,12,15H,3-5,8,14H2,1-2H3. The summed E-state index contributed by atoms with van der Waals surface area (Å²) in [5.74, 6) is 0.917. The number of rotatable bonds is 6. The fourth-order valence-electron chi connectivity index (χ4n) is 1.78. The molecule has 0 aliphatic heterocycles. The summed E-state index contributed by atoms with van der Waals surface area (Å²) in [6, 6.07) is 6.07. The van der Waals surface area contributed by atoms with Crippen LogP contribution in [0.3, 0.4) is 0 Å². The molecule has 0 aliphatic rings. The minimum atomic E-state index is 0.00311. The maximum absolute atomic E-state index is 8.77. The van der Waals surface area contributed by atoms with E-state index in [1.54, 1.807) is 7.11 Å². The number of ether oxygens (including phenoxy) is 1. The molecule has 3 heteroatoms. The summed E-state index contributed by atoms with van der Waals surface area (Å²) in [5.41, 5.74) is 8.34. The summed E-state index contributed by atoms with van der Waals surface area (Å²) in [6.07, 6.45) is 2.49. The van der Waals surface area contributed by atoms with E-state index in [0.29, 0.717) is 0 Å². The third-order valence-corrected chi connectivity index (χ3v) is 2.79. The Kier molecular flexibility index (Phi) is 5.29. The van der Waals surface area contributed by atoms with Gasteiger partial charge in [0.15, 0.2) is 0 Å². The Hall–Kier alpha value is -1.06. The molecule has 0 fully saturated rings. The lowest BCUT2D eigenvalue weighted by Crippen LogP contribution is -2.11. The molecule has 0 radical (unpaired) electrons. The van der Waals surface area contributed by atoms with Crippen molar-refractivity contribution in [3.63, 3.8) is 0 Å². The molecule has 0 spiro atoms. The molecular weight excluding hydrogens is 202 g/mol. The van der Waals surface area contributed by atoms with Crippen LogP contribution >= 0.6 is 0 Å². The van der Waals surface area contributed by atoms with Crippen LogP contribution in [0.25, 0.3) is 0 Å². The third-order valence-electron chi connectivity index (χ3n) is 2.79. The first-order valence-electron chi connectivity index (χ1n) is 5.76. The van der Waals surface area contributed by atoms with Crippen LogP contribution in [-0.4, -0.2) is 18.8 Å². The number of benzene rings is 1. The first-order valence-corrected chi connectivity index (χ1v) is 5.76. The van der Waals surface area contributed by atoms with Crippen LogP contribution < -0.4 is 10.5 Å². The normalized spacial score (nSPS) is 12.5. The van der Waals surface area contributed by atoms with E-state index in [2.05, 4.69) is 13.0 Å². The Labute approximate surface area is 97.2 Å². The van der Waals surface area contributed by atoms with Crippen molar-refractivity contribution in [1.29, 1.82) is 0 Å². The van der Waals surface area contributed by atoms with Crippen molar-refractivity contribution in [1.82, 2.24) is 0 Å². The molecule has 0 amide bonds. The fraction of sp³-hybridized carbons (Fsp3) is 0.538. The first-order chi connectivity index (χ1) is 7.72. The summed E-state index contributed by atoms with van der Waals surface area (Å²) >= 11 is 0. The van der Waals surface area contributed by atoms with Crippen LogP contribution in [0.5, 0.6) is 5.75 Å². The highest BCUT2D eigenvalue weighted by atomic mass is 16.5. The predicted molar refractivity (Wildman–Crippen MR) is 65.6 cm³/mol. The largest absolute Gasteiger partial charge is 0.496 e. The van der Waals surface area contributed by atoms with Crippen LogP contribution in [0.15, 0.2) is 18.2 Å². The lowest BCUT2D eigenvalue weighted by Gasteiger charge is -2.14. The second-order valence-corrected chi connectivity index (χ2v) is 3.90. The van der Waals surface area contributed by atoms with Gasteiger partial charge in [-0.1, -0.05) is 19.1 Å². The van der Waals surface area contributed by atoms with Crippen LogP contribution in [0.1, 0.15) is 36.9 Å². The van der Waals surface area contributed by atoms with Crippen LogP contribution in [0.2, 0.25) is 0 Å². The molecule has 0 saturated heterocycles. The predicted octanol–water partition coefficient (Wildman–Crippen LogP) is 2.03. The molecule has 3 nitrogen and oxygen atoms in total. The van der Waals surface area contributed by atoms with Gasteiger partial charge in [0.1, 0.15) is 5.75 Å². The summed E-state index contributed by atoms with van der Waals surface area (Å²) in [6.45, 7) is 2.30. The van der Waals surface area contributed by atoms with Crippen molar-refractivity contribution in [2.45, 2.75) is 32.2 Å². The van der Waals surface area contributed by atoms with Crippen molar-refractivity contribution in [3.8, 4) is 5.75 Å². The monoisotopic (exact) mass is 223 g/mol. The molecule has 90 valence electrons. The third kappa shape index (κ3) is 3.22. The molecule has 0 aromatic heterocycles. The smallest absolute Gasteiger partial charge is 0.122 e. The zero-order valence-electron chi connectivity index (χ0n) is 10.1. The summed E-state index contributed by atoms with van der Waals surface area (Å²) in [7, 11) is 1.68. The Morgan fingerprint density at radius 2 is 2.19 bits per heavy atom. The average molecular weight is 223 g/mol. The molecule has 16 heavy (non-hydrogen) atoms. The number of hydrogen-bond acceptors (Lipinski definition) is 3. The van der Waals surface area contributed by atoms with Gasteiger partial charge in [0.2, 0.25) is 0 Å². The van der Waals surface area contributed by atoms with Gasteiger partial charge in [0, 0.05) is 12.6 Å². The Morgan fingerprint density at radius 3 is 2.75 bits per heavy atom. The van der Waals surface area contributed by atoms with E-state index in [-0.39, 0.29) is 12.6 Å². The maximum atomic E-state index is 8.77. The number of aryl methyl sites for hydroxylation is 1. The van der Waals surface area contributed by atoms with Gasteiger partial charge in [-0.25, -0.2) is 0 Å². The quantitative estimate of drug-likeness (QED) is 0.776. The zero-order valence-corrected chi connectivity index (χ0v) is 10.1. The highest BCUT2D eigenvalue weighted by Gasteiger charge is 2.08. The van der Waals surface area contributed by atoms with E-state index in [1.165, 1.54) is 5.56 Å². The summed E-state index contributed by atoms with van der Waals surface area (Å²) in [4.78, 5) is 0. The zero-order chi connectivity index (χ0) is 12.0. The SMILES string of the molecule is CCc1cc(C(N)CCCO)ccc1OC. The van der Waals surface area contributed by atoms with Gasteiger partial charge in [0.05, 0.1) is 7.11 Å². The van der Waals surface area contributed by atoms with Crippen molar-refractivity contribution in [2.75, 3.05) is 13.7 Å². The van der Waals surface area contributed by atoms with E-state index in [1.807, 2.05) is 12.1 Å². The molecule has 0 heterocycles. The molecule has 1 unspecified atom stereocenters. The number of aliphatic hydroxyl groups excluding tert-OH is 1. The highest BCUT2D eigenvalue weighted by molar-refractivity contribution is 5.38. The van der Waals surface area contributed by atoms with E-state index >= 15 is 0 Å². The van der Waals surface area contributed by atoms with Crippen molar-refractivity contribution in [2.24, 2.45) is 5.73 Å². The summed E-state index contributed by atoms with van der Waals surface area (Å²) < 4.78 is 5.27. The van der Waals surface area contributed by atoms with Gasteiger partial charge in [0.25, 0.3) is 0 Å². The van der Waals surface area contributed by atoms with Gasteiger partial charge >= 0.3 is 0 Å². The number of methoxy groups -OCH3 is 1. The van der Waals surface area contributed by atoms with E-state index < -0.39 is 0 Å². The maximum Gasteiger partial charge on any atom is 0.122 e. The molecular formula is C13H21NO2. The average Bonchev–Trinajstić information content (AvgIpc) is 2.34. The Bertz CT molecular complexity index is 326. The molecule has 0 bridgehead atoms.